The summed E-state index contributed by atoms with van der Waals surface area (Å²) in [7, 11) is 0.0902. The molecule has 0 aliphatic carbocycles. The zero-order valence-electron chi connectivity index (χ0n) is 12.4. The Balaban J connectivity index is 2.15. The molecular weight excluding hydrogens is 288 g/mol. The maximum absolute atomic E-state index is 12.3. The van der Waals surface area contributed by atoms with E-state index in [2.05, 4.69) is 15.1 Å². The summed E-state index contributed by atoms with van der Waals surface area (Å²) < 4.78 is 28.8. The molecule has 114 valence electrons. The van der Waals surface area contributed by atoms with E-state index in [0.717, 1.165) is 5.56 Å². The SMILES string of the molecule is CNC(C)c1cccc(S(=O)(=O)NCc2ccn(C)n2)c1. The van der Waals surface area contributed by atoms with Crippen LogP contribution in [-0.2, 0) is 23.6 Å². The number of benzene rings is 1. The molecule has 0 aliphatic rings. The molecule has 0 aliphatic heterocycles. The zero-order valence-corrected chi connectivity index (χ0v) is 13.2. The van der Waals surface area contributed by atoms with E-state index in [1.165, 1.54) is 0 Å². The highest BCUT2D eigenvalue weighted by Crippen LogP contribution is 2.17. The van der Waals surface area contributed by atoms with Crippen LogP contribution in [0.5, 0.6) is 0 Å². The van der Waals surface area contributed by atoms with Crippen LogP contribution in [0.15, 0.2) is 41.4 Å². The van der Waals surface area contributed by atoms with Gasteiger partial charge in [0.2, 0.25) is 10.0 Å². The maximum atomic E-state index is 12.3. The van der Waals surface area contributed by atoms with Crippen molar-refractivity contribution in [3.8, 4) is 0 Å². The van der Waals surface area contributed by atoms with Crippen LogP contribution < -0.4 is 10.0 Å². The molecule has 0 radical (unpaired) electrons. The molecule has 0 saturated carbocycles. The number of nitrogens with one attached hydrogen (secondary N) is 2. The molecule has 7 heteroatoms. The first kappa shape index (κ1) is 15.7. The second-order valence-corrected chi connectivity index (χ2v) is 6.66. The maximum Gasteiger partial charge on any atom is 0.240 e. The van der Waals surface area contributed by atoms with Crippen LogP contribution in [0.1, 0.15) is 24.2 Å². The standard InChI is InChI=1S/C14H20N4O2S/c1-11(15-2)12-5-4-6-14(9-12)21(19,20)16-10-13-7-8-18(3)17-13/h4-9,11,15-16H,10H2,1-3H3. The molecular formula is C14H20N4O2S. The fraction of sp³-hybridized carbons (Fsp3) is 0.357. The summed E-state index contributed by atoms with van der Waals surface area (Å²) in [5, 5.41) is 7.24. The van der Waals surface area contributed by atoms with Crippen molar-refractivity contribution in [1.82, 2.24) is 19.8 Å². The van der Waals surface area contributed by atoms with Gasteiger partial charge in [0.05, 0.1) is 17.1 Å². The Morgan fingerprint density at radius 2 is 2.10 bits per heavy atom. The predicted octanol–water partition coefficient (Wildman–Crippen LogP) is 1.18. The number of aromatic nitrogens is 2. The predicted molar refractivity (Wildman–Crippen MR) is 81.2 cm³/mol. The van der Waals surface area contributed by atoms with Crippen molar-refractivity contribution in [2.75, 3.05) is 7.05 Å². The molecule has 2 rings (SSSR count). The van der Waals surface area contributed by atoms with Crippen molar-refractivity contribution < 1.29 is 8.42 Å². The van der Waals surface area contributed by atoms with Crippen molar-refractivity contribution >= 4 is 10.0 Å². The van der Waals surface area contributed by atoms with Gasteiger partial charge in [-0.25, -0.2) is 13.1 Å². The average molecular weight is 308 g/mol. The van der Waals surface area contributed by atoms with Gasteiger partial charge < -0.3 is 5.32 Å². The lowest BCUT2D eigenvalue weighted by Gasteiger charge is -2.12. The van der Waals surface area contributed by atoms with Gasteiger partial charge in [0.15, 0.2) is 0 Å². The van der Waals surface area contributed by atoms with Gasteiger partial charge in [-0.15, -0.1) is 0 Å². The Kier molecular flexibility index (Phi) is 4.76. The van der Waals surface area contributed by atoms with Gasteiger partial charge in [-0.1, -0.05) is 12.1 Å². The Morgan fingerprint density at radius 3 is 2.71 bits per heavy atom. The molecule has 0 amide bonds. The molecule has 1 aromatic carbocycles. The smallest absolute Gasteiger partial charge is 0.240 e. The molecule has 2 aromatic rings. The van der Waals surface area contributed by atoms with E-state index in [9.17, 15) is 8.42 Å². The van der Waals surface area contributed by atoms with Crippen molar-refractivity contribution in [2.24, 2.45) is 7.05 Å². The number of sulfonamides is 1. The van der Waals surface area contributed by atoms with Crippen LogP contribution in [0.2, 0.25) is 0 Å². The van der Waals surface area contributed by atoms with Gasteiger partial charge >= 0.3 is 0 Å². The van der Waals surface area contributed by atoms with Crippen LogP contribution in [0, 0.1) is 0 Å². The minimum atomic E-state index is -3.54. The van der Waals surface area contributed by atoms with Gasteiger partial charge in [-0.05, 0) is 37.7 Å². The van der Waals surface area contributed by atoms with E-state index in [1.54, 1.807) is 42.2 Å². The number of hydrogen-bond acceptors (Lipinski definition) is 4. The van der Waals surface area contributed by atoms with E-state index in [1.807, 2.05) is 20.0 Å². The van der Waals surface area contributed by atoms with Crippen LogP contribution in [0.3, 0.4) is 0 Å². The Hall–Kier alpha value is -1.70. The lowest BCUT2D eigenvalue weighted by molar-refractivity contribution is 0.578. The first-order valence-corrected chi connectivity index (χ1v) is 8.16. The minimum absolute atomic E-state index is 0.0935. The van der Waals surface area contributed by atoms with Crippen LogP contribution in [0.4, 0.5) is 0 Å². The molecule has 2 N–H and O–H groups in total. The highest BCUT2D eigenvalue weighted by atomic mass is 32.2. The molecule has 0 saturated heterocycles. The number of hydrogen-bond donors (Lipinski definition) is 2. The van der Waals surface area contributed by atoms with Crippen molar-refractivity contribution in [3.63, 3.8) is 0 Å². The molecule has 6 nitrogen and oxygen atoms in total. The Labute approximate surface area is 125 Å². The van der Waals surface area contributed by atoms with E-state index >= 15 is 0 Å². The average Bonchev–Trinajstić information content (AvgIpc) is 2.90. The topological polar surface area (TPSA) is 76.0 Å². The van der Waals surface area contributed by atoms with Gasteiger partial charge in [0, 0.05) is 19.3 Å². The van der Waals surface area contributed by atoms with Gasteiger partial charge in [0.1, 0.15) is 0 Å². The number of aryl methyl sites for hydroxylation is 1. The second kappa shape index (κ2) is 6.38. The van der Waals surface area contributed by atoms with E-state index < -0.39 is 10.0 Å². The molecule has 0 fully saturated rings. The van der Waals surface area contributed by atoms with Crippen LogP contribution in [0.25, 0.3) is 0 Å². The normalized spacial score (nSPS) is 13.3. The van der Waals surface area contributed by atoms with Crippen LogP contribution >= 0.6 is 0 Å². The summed E-state index contributed by atoms with van der Waals surface area (Å²) >= 11 is 0. The third-order valence-corrected chi connectivity index (χ3v) is 4.71. The summed E-state index contributed by atoms with van der Waals surface area (Å²) in [4.78, 5) is 0.262. The molecule has 1 aromatic heterocycles. The monoisotopic (exact) mass is 308 g/mol. The second-order valence-electron chi connectivity index (χ2n) is 4.89. The highest BCUT2D eigenvalue weighted by molar-refractivity contribution is 7.89. The van der Waals surface area contributed by atoms with Gasteiger partial charge in [0.25, 0.3) is 0 Å². The molecule has 0 bridgehead atoms. The first-order valence-electron chi connectivity index (χ1n) is 6.68. The summed E-state index contributed by atoms with van der Waals surface area (Å²) in [6, 6.07) is 8.80. The molecule has 1 heterocycles. The van der Waals surface area contributed by atoms with Crippen molar-refractivity contribution in [1.29, 1.82) is 0 Å². The minimum Gasteiger partial charge on any atom is -0.313 e. The fourth-order valence-corrected chi connectivity index (χ4v) is 2.98. The summed E-state index contributed by atoms with van der Waals surface area (Å²) in [6.45, 7) is 2.15. The molecule has 0 spiro atoms. The molecule has 1 unspecified atom stereocenters. The lowest BCUT2D eigenvalue weighted by Crippen LogP contribution is -2.24. The number of rotatable bonds is 6. The summed E-state index contributed by atoms with van der Waals surface area (Å²) in [6.07, 6.45) is 1.78. The van der Waals surface area contributed by atoms with Gasteiger partial charge in [-0.2, -0.15) is 5.10 Å². The molecule has 21 heavy (non-hydrogen) atoms. The third kappa shape index (κ3) is 3.90. The van der Waals surface area contributed by atoms with Crippen molar-refractivity contribution in [2.45, 2.75) is 24.4 Å². The van der Waals surface area contributed by atoms with E-state index in [0.29, 0.717) is 5.69 Å². The van der Waals surface area contributed by atoms with Crippen molar-refractivity contribution in [3.05, 3.63) is 47.8 Å². The number of nitrogens with zero attached hydrogens (tertiary/aromatic N) is 2. The van der Waals surface area contributed by atoms with Crippen LogP contribution in [-0.4, -0.2) is 25.2 Å². The summed E-state index contributed by atoms with van der Waals surface area (Å²) in [5.74, 6) is 0. The Morgan fingerprint density at radius 1 is 1.33 bits per heavy atom. The summed E-state index contributed by atoms with van der Waals surface area (Å²) in [5.41, 5.74) is 1.61. The Bertz CT molecular complexity index is 709. The van der Waals surface area contributed by atoms with E-state index in [-0.39, 0.29) is 17.5 Å². The highest BCUT2D eigenvalue weighted by Gasteiger charge is 2.15. The zero-order chi connectivity index (χ0) is 15.5. The third-order valence-electron chi connectivity index (χ3n) is 3.31. The quantitative estimate of drug-likeness (QED) is 0.840. The lowest BCUT2D eigenvalue weighted by atomic mass is 10.1. The largest absolute Gasteiger partial charge is 0.313 e. The van der Waals surface area contributed by atoms with Gasteiger partial charge in [-0.3, -0.25) is 4.68 Å². The fourth-order valence-electron chi connectivity index (χ4n) is 1.93. The molecule has 1 atom stereocenters. The van der Waals surface area contributed by atoms with E-state index in [4.69, 9.17) is 0 Å². The first-order chi connectivity index (χ1) is 9.92.